The van der Waals surface area contributed by atoms with E-state index in [0.29, 0.717) is 38.2 Å². The number of rotatable bonds is 9. The topological polar surface area (TPSA) is 80.2 Å². The standard InChI is InChI=1S/C29H23Cl3N2O4/c1-37-26-15-19(14-25(32)27(26)38-18-20-12-13-23(30)16-24(20)31)17-33-34-28(35)29(36,21-8-4-2-5-9-21)22-10-6-3-7-11-22/h2-17,36H,18H2,1H3,(H,34,35)/b33-17-. The number of hydrogen-bond donors (Lipinski definition) is 2. The van der Waals surface area contributed by atoms with Crippen LogP contribution in [0.3, 0.4) is 0 Å². The second kappa shape index (κ2) is 12.3. The van der Waals surface area contributed by atoms with E-state index in [1.165, 1.54) is 13.3 Å². The Balaban J connectivity index is 1.52. The molecule has 194 valence electrons. The normalized spacial score (nSPS) is 11.4. The Labute approximate surface area is 235 Å². The van der Waals surface area contributed by atoms with E-state index < -0.39 is 11.5 Å². The number of nitrogens with zero attached hydrogens (tertiary/aromatic N) is 1. The van der Waals surface area contributed by atoms with Crippen LogP contribution in [-0.2, 0) is 17.0 Å². The molecule has 4 aromatic rings. The molecule has 0 aliphatic heterocycles. The number of aliphatic hydroxyl groups is 1. The third-order valence-electron chi connectivity index (χ3n) is 5.73. The predicted octanol–water partition coefficient (Wildman–Crippen LogP) is 6.62. The minimum atomic E-state index is -1.95. The van der Waals surface area contributed by atoms with Crippen LogP contribution in [0.2, 0.25) is 15.1 Å². The predicted molar refractivity (Wildman–Crippen MR) is 150 cm³/mol. The molecule has 6 nitrogen and oxygen atoms in total. The number of nitrogens with one attached hydrogen (secondary N) is 1. The Bertz CT molecular complexity index is 1410. The first-order chi connectivity index (χ1) is 18.3. The lowest BCUT2D eigenvalue weighted by Gasteiger charge is -2.27. The highest BCUT2D eigenvalue weighted by atomic mass is 35.5. The van der Waals surface area contributed by atoms with E-state index in [-0.39, 0.29) is 11.6 Å². The lowest BCUT2D eigenvalue weighted by molar-refractivity contribution is -0.136. The van der Waals surface area contributed by atoms with Crippen LogP contribution in [0.4, 0.5) is 0 Å². The van der Waals surface area contributed by atoms with Gasteiger partial charge < -0.3 is 14.6 Å². The minimum Gasteiger partial charge on any atom is -0.493 e. The molecule has 0 saturated heterocycles. The van der Waals surface area contributed by atoms with Gasteiger partial charge in [0.05, 0.1) is 18.3 Å². The monoisotopic (exact) mass is 568 g/mol. The number of methoxy groups -OCH3 is 1. The van der Waals surface area contributed by atoms with E-state index in [1.807, 2.05) is 0 Å². The summed E-state index contributed by atoms with van der Waals surface area (Å²) in [7, 11) is 1.48. The van der Waals surface area contributed by atoms with Gasteiger partial charge in [-0.15, -0.1) is 0 Å². The molecule has 1 amide bonds. The van der Waals surface area contributed by atoms with Crippen molar-refractivity contribution in [2.24, 2.45) is 5.10 Å². The summed E-state index contributed by atoms with van der Waals surface area (Å²) in [4.78, 5) is 13.2. The average Bonchev–Trinajstić information content (AvgIpc) is 2.93. The van der Waals surface area contributed by atoms with Gasteiger partial charge >= 0.3 is 0 Å². The number of benzene rings is 4. The Morgan fingerprint density at radius 2 is 1.55 bits per heavy atom. The van der Waals surface area contributed by atoms with E-state index in [4.69, 9.17) is 44.3 Å². The van der Waals surface area contributed by atoms with Crippen LogP contribution in [0.15, 0.2) is 96.1 Å². The highest BCUT2D eigenvalue weighted by Gasteiger charge is 2.39. The number of carbonyl (C=O) groups is 1. The second-order valence-electron chi connectivity index (χ2n) is 8.20. The van der Waals surface area contributed by atoms with Gasteiger partial charge in [-0.1, -0.05) is 102 Å². The lowest BCUT2D eigenvalue weighted by Crippen LogP contribution is -2.43. The van der Waals surface area contributed by atoms with Crippen LogP contribution in [-0.4, -0.2) is 24.3 Å². The molecule has 38 heavy (non-hydrogen) atoms. The summed E-state index contributed by atoms with van der Waals surface area (Å²) < 4.78 is 11.3. The summed E-state index contributed by atoms with van der Waals surface area (Å²) in [5, 5.41) is 16.8. The fraction of sp³-hybridized carbons (Fsp3) is 0.103. The Hall–Kier alpha value is -3.55. The van der Waals surface area contributed by atoms with Crippen LogP contribution >= 0.6 is 34.8 Å². The van der Waals surface area contributed by atoms with Crippen molar-refractivity contribution >= 4 is 46.9 Å². The molecule has 0 aromatic heterocycles. The molecule has 9 heteroatoms. The van der Waals surface area contributed by atoms with Crippen molar-refractivity contribution in [3.8, 4) is 11.5 Å². The number of ether oxygens (including phenoxy) is 2. The van der Waals surface area contributed by atoms with Gasteiger partial charge in [0.25, 0.3) is 5.91 Å². The first-order valence-corrected chi connectivity index (χ1v) is 12.6. The van der Waals surface area contributed by atoms with Crippen LogP contribution < -0.4 is 14.9 Å². The van der Waals surface area contributed by atoms with Gasteiger partial charge in [-0.2, -0.15) is 5.10 Å². The number of amides is 1. The molecule has 0 saturated carbocycles. The summed E-state index contributed by atoms with van der Waals surface area (Å²) in [5.41, 5.74) is 2.57. The first kappa shape index (κ1) is 27.5. The van der Waals surface area contributed by atoms with Crippen molar-refractivity contribution in [3.63, 3.8) is 0 Å². The lowest BCUT2D eigenvalue weighted by atomic mass is 9.85. The zero-order valence-electron chi connectivity index (χ0n) is 20.2. The highest BCUT2D eigenvalue weighted by molar-refractivity contribution is 6.35. The molecular weight excluding hydrogens is 547 g/mol. The summed E-state index contributed by atoms with van der Waals surface area (Å²) in [6.45, 7) is 0.146. The molecule has 4 aromatic carbocycles. The molecule has 0 aliphatic rings. The Morgan fingerprint density at radius 1 is 0.921 bits per heavy atom. The molecule has 0 spiro atoms. The maximum absolute atomic E-state index is 13.2. The zero-order chi connectivity index (χ0) is 27.1. The molecule has 0 fully saturated rings. The zero-order valence-corrected chi connectivity index (χ0v) is 22.5. The van der Waals surface area contributed by atoms with Crippen molar-refractivity contribution in [2.45, 2.75) is 12.2 Å². The van der Waals surface area contributed by atoms with E-state index >= 15 is 0 Å². The third kappa shape index (κ3) is 6.11. The van der Waals surface area contributed by atoms with Crippen molar-refractivity contribution in [3.05, 3.63) is 128 Å². The Kier molecular flexibility index (Phi) is 8.92. The molecule has 0 aliphatic carbocycles. The van der Waals surface area contributed by atoms with Crippen molar-refractivity contribution in [2.75, 3.05) is 7.11 Å². The van der Waals surface area contributed by atoms with Gasteiger partial charge in [0.1, 0.15) is 6.61 Å². The summed E-state index contributed by atoms with van der Waals surface area (Å²) in [6.07, 6.45) is 1.39. The van der Waals surface area contributed by atoms with E-state index in [0.717, 1.165) is 5.56 Å². The van der Waals surface area contributed by atoms with E-state index in [9.17, 15) is 9.90 Å². The van der Waals surface area contributed by atoms with Crippen molar-refractivity contribution < 1.29 is 19.4 Å². The molecule has 0 heterocycles. The molecule has 0 bridgehead atoms. The van der Waals surface area contributed by atoms with E-state index in [2.05, 4.69) is 10.5 Å². The number of halogens is 3. The molecule has 0 atom stereocenters. The molecule has 0 unspecified atom stereocenters. The quantitative estimate of drug-likeness (QED) is 0.175. The maximum atomic E-state index is 13.2. The Morgan fingerprint density at radius 3 is 2.13 bits per heavy atom. The molecular formula is C29H23Cl3N2O4. The fourth-order valence-corrected chi connectivity index (χ4v) is 4.51. The molecule has 4 rings (SSSR count). The minimum absolute atomic E-state index is 0.146. The van der Waals surface area contributed by atoms with Gasteiger partial charge in [0.2, 0.25) is 0 Å². The highest BCUT2D eigenvalue weighted by Crippen LogP contribution is 2.37. The van der Waals surface area contributed by atoms with Crippen LogP contribution in [0, 0.1) is 0 Å². The average molecular weight is 570 g/mol. The van der Waals surface area contributed by atoms with Gasteiger partial charge in [-0.25, -0.2) is 5.43 Å². The van der Waals surface area contributed by atoms with Gasteiger partial charge in [0, 0.05) is 15.6 Å². The summed E-state index contributed by atoms with van der Waals surface area (Å²) in [5.74, 6) is -0.0339. The number of hydrazone groups is 1. The largest absolute Gasteiger partial charge is 0.493 e. The maximum Gasteiger partial charge on any atom is 0.281 e. The summed E-state index contributed by atoms with van der Waals surface area (Å²) in [6, 6.07) is 25.7. The van der Waals surface area contributed by atoms with Crippen LogP contribution in [0.1, 0.15) is 22.3 Å². The third-order valence-corrected chi connectivity index (χ3v) is 6.60. The smallest absolute Gasteiger partial charge is 0.281 e. The molecule has 2 N–H and O–H groups in total. The fourth-order valence-electron chi connectivity index (χ4n) is 3.78. The number of hydrogen-bond acceptors (Lipinski definition) is 5. The van der Waals surface area contributed by atoms with Gasteiger partial charge in [-0.05, 0) is 41.0 Å². The van der Waals surface area contributed by atoms with Gasteiger partial charge in [0.15, 0.2) is 17.1 Å². The van der Waals surface area contributed by atoms with Crippen molar-refractivity contribution in [1.29, 1.82) is 0 Å². The SMILES string of the molecule is COc1cc(/C=N\NC(=O)C(O)(c2ccccc2)c2ccccc2)cc(Cl)c1OCc1ccc(Cl)cc1Cl. The van der Waals surface area contributed by atoms with E-state index in [1.54, 1.807) is 91.0 Å². The van der Waals surface area contributed by atoms with Gasteiger partial charge in [-0.3, -0.25) is 4.79 Å². The summed E-state index contributed by atoms with van der Waals surface area (Å²) >= 11 is 18.7. The van der Waals surface area contributed by atoms with Crippen molar-refractivity contribution in [1.82, 2.24) is 5.43 Å². The first-order valence-electron chi connectivity index (χ1n) is 11.4. The second-order valence-corrected chi connectivity index (χ2v) is 9.45. The molecule has 0 radical (unpaired) electrons. The number of carbonyl (C=O) groups excluding carboxylic acids is 1. The van der Waals surface area contributed by atoms with Crippen LogP contribution in [0.5, 0.6) is 11.5 Å². The van der Waals surface area contributed by atoms with Crippen LogP contribution in [0.25, 0.3) is 0 Å².